The first-order chi connectivity index (χ1) is 14.6. The van der Waals surface area contributed by atoms with E-state index >= 15 is 0 Å². The summed E-state index contributed by atoms with van der Waals surface area (Å²) in [6.45, 7) is 4.31. The number of thiazole rings is 1. The lowest BCUT2D eigenvalue weighted by atomic mass is 10.2. The van der Waals surface area contributed by atoms with E-state index in [-0.39, 0.29) is 12.7 Å². The number of nitrogens with one attached hydrogen (secondary N) is 1. The number of hydrogen-bond donors (Lipinski definition) is 1. The normalized spacial score (nSPS) is 16.5. The van der Waals surface area contributed by atoms with E-state index in [2.05, 4.69) is 22.2 Å². The molecule has 1 N–H and O–H groups in total. The van der Waals surface area contributed by atoms with E-state index < -0.39 is 0 Å². The van der Waals surface area contributed by atoms with E-state index in [1.54, 1.807) is 17.4 Å². The van der Waals surface area contributed by atoms with Gasteiger partial charge < -0.3 is 24.6 Å². The second-order valence-electron chi connectivity index (χ2n) is 7.40. The fourth-order valence-electron chi connectivity index (χ4n) is 3.50. The van der Waals surface area contributed by atoms with Gasteiger partial charge >= 0.3 is 0 Å². The molecule has 0 radical (unpaired) electrons. The van der Waals surface area contributed by atoms with Crippen LogP contribution >= 0.6 is 11.3 Å². The van der Waals surface area contributed by atoms with E-state index in [9.17, 15) is 4.79 Å². The zero-order valence-corrected chi connectivity index (χ0v) is 17.4. The topological polar surface area (TPSA) is 66.9 Å². The molecule has 1 fully saturated rings. The first kappa shape index (κ1) is 18.9. The summed E-state index contributed by atoms with van der Waals surface area (Å²) in [5.41, 5.74) is 2.60. The lowest BCUT2D eigenvalue weighted by Gasteiger charge is -2.31. The predicted octanol–water partition coefficient (Wildman–Crippen LogP) is 3.43. The van der Waals surface area contributed by atoms with Gasteiger partial charge in [0.1, 0.15) is 0 Å². The van der Waals surface area contributed by atoms with E-state index in [1.807, 2.05) is 36.4 Å². The number of ether oxygens (including phenoxy) is 2. The smallest absolute Gasteiger partial charge is 0.248 e. The summed E-state index contributed by atoms with van der Waals surface area (Å²) < 4.78 is 11.7. The lowest BCUT2D eigenvalue weighted by molar-refractivity contribution is -0.111. The van der Waals surface area contributed by atoms with Crippen LogP contribution in [0, 0.1) is 0 Å². The minimum Gasteiger partial charge on any atom is -0.454 e. The van der Waals surface area contributed by atoms with E-state index in [0.29, 0.717) is 5.75 Å². The maximum absolute atomic E-state index is 12.4. The quantitative estimate of drug-likeness (QED) is 0.650. The molecule has 0 bridgehead atoms. The Balaban J connectivity index is 1.26. The number of fused-ring (bicyclic) bond motifs is 2. The van der Waals surface area contributed by atoms with Crippen LogP contribution < -0.4 is 19.7 Å². The zero-order chi connectivity index (χ0) is 20.5. The summed E-state index contributed by atoms with van der Waals surface area (Å²) in [5, 5.41) is 3.97. The highest BCUT2D eigenvalue weighted by molar-refractivity contribution is 7.22. The summed E-state index contributed by atoms with van der Waals surface area (Å²) >= 11 is 1.67. The Kier molecular flexibility index (Phi) is 5.02. The van der Waals surface area contributed by atoms with Crippen LogP contribution in [0.25, 0.3) is 16.3 Å². The van der Waals surface area contributed by atoms with Gasteiger partial charge in [0.15, 0.2) is 16.6 Å². The van der Waals surface area contributed by atoms with Gasteiger partial charge in [0, 0.05) is 37.9 Å². The van der Waals surface area contributed by atoms with Crippen LogP contribution in [-0.4, -0.2) is 55.8 Å². The molecule has 30 heavy (non-hydrogen) atoms. The molecule has 7 nitrogen and oxygen atoms in total. The SMILES string of the molecule is CN1CCN(c2nc3ccc(NC(=O)/C=C\c4ccc5c(c4)OCO5)cc3s2)CC1. The van der Waals surface area contributed by atoms with Crippen molar-refractivity contribution in [2.75, 3.05) is 50.2 Å². The van der Waals surface area contributed by atoms with Crippen molar-refractivity contribution < 1.29 is 14.3 Å². The van der Waals surface area contributed by atoms with Crippen molar-refractivity contribution >= 4 is 44.4 Å². The fraction of sp³-hybridized carbons (Fsp3) is 0.273. The van der Waals surface area contributed by atoms with E-state index in [4.69, 9.17) is 14.5 Å². The predicted molar refractivity (Wildman–Crippen MR) is 120 cm³/mol. The number of piperazine rings is 1. The first-order valence-electron chi connectivity index (χ1n) is 9.87. The van der Waals surface area contributed by atoms with Gasteiger partial charge in [-0.15, -0.1) is 0 Å². The molecular formula is C22H22N4O3S. The molecule has 5 rings (SSSR count). The Labute approximate surface area is 178 Å². The van der Waals surface area contributed by atoms with Crippen LogP contribution in [-0.2, 0) is 4.79 Å². The standard InChI is InChI=1S/C22H22N4O3S/c1-25-8-10-26(11-9-25)22-24-17-5-4-16(13-20(17)30-22)23-21(27)7-3-15-2-6-18-19(12-15)29-14-28-18/h2-7,12-13H,8-11,14H2,1H3,(H,23,27)/b7-3-. The molecule has 154 valence electrons. The third-order valence-electron chi connectivity index (χ3n) is 5.24. The first-order valence-corrected chi connectivity index (χ1v) is 10.7. The zero-order valence-electron chi connectivity index (χ0n) is 16.6. The van der Waals surface area contributed by atoms with Crippen molar-refractivity contribution in [3.63, 3.8) is 0 Å². The molecule has 0 aliphatic carbocycles. The fourth-order valence-corrected chi connectivity index (χ4v) is 4.55. The number of hydrogen-bond acceptors (Lipinski definition) is 7. The molecule has 2 aromatic carbocycles. The molecule has 3 aromatic rings. The van der Waals surface area contributed by atoms with Crippen LogP contribution in [0.15, 0.2) is 42.5 Å². The number of carbonyl (C=O) groups is 1. The molecule has 3 heterocycles. The number of benzene rings is 2. The Bertz CT molecular complexity index is 1120. The van der Waals surface area contributed by atoms with Crippen LogP contribution in [0.1, 0.15) is 5.56 Å². The number of aromatic nitrogens is 1. The second kappa shape index (κ2) is 7.97. The molecule has 1 aromatic heterocycles. The minimum atomic E-state index is -0.184. The lowest BCUT2D eigenvalue weighted by Crippen LogP contribution is -2.44. The Morgan fingerprint density at radius 1 is 1.10 bits per heavy atom. The largest absolute Gasteiger partial charge is 0.454 e. The molecule has 1 amide bonds. The maximum Gasteiger partial charge on any atom is 0.248 e. The Morgan fingerprint density at radius 2 is 1.93 bits per heavy atom. The van der Waals surface area contributed by atoms with Crippen molar-refractivity contribution in [3.05, 3.63) is 48.0 Å². The van der Waals surface area contributed by atoms with Gasteiger partial charge in [0.05, 0.1) is 10.2 Å². The summed E-state index contributed by atoms with van der Waals surface area (Å²) in [5.74, 6) is 1.24. The third-order valence-corrected chi connectivity index (χ3v) is 6.32. The van der Waals surface area contributed by atoms with Crippen molar-refractivity contribution in [1.82, 2.24) is 9.88 Å². The van der Waals surface area contributed by atoms with E-state index in [0.717, 1.165) is 58.5 Å². The van der Waals surface area contributed by atoms with Crippen LogP contribution in [0.5, 0.6) is 11.5 Å². The maximum atomic E-state index is 12.4. The highest BCUT2D eigenvalue weighted by Gasteiger charge is 2.18. The monoisotopic (exact) mass is 422 g/mol. The summed E-state index contributed by atoms with van der Waals surface area (Å²) in [6.07, 6.45) is 3.28. The molecule has 0 atom stereocenters. The summed E-state index contributed by atoms with van der Waals surface area (Å²) in [6, 6.07) is 11.4. The highest BCUT2D eigenvalue weighted by Crippen LogP contribution is 2.33. The van der Waals surface area contributed by atoms with Gasteiger partial charge in [-0.05, 0) is 49.0 Å². The van der Waals surface area contributed by atoms with Gasteiger partial charge in [-0.2, -0.15) is 0 Å². The number of anilines is 2. The van der Waals surface area contributed by atoms with Gasteiger partial charge in [-0.1, -0.05) is 17.4 Å². The second-order valence-corrected chi connectivity index (χ2v) is 8.41. The van der Waals surface area contributed by atoms with Gasteiger partial charge in [-0.3, -0.25) is 4.79 Å². The average Bonchev–Trinajstić information content (AvgIpc) is 3.39. The molecule has 0 unspecified atom stereocenters. The van der Waals surface area contributed by atoms with Crippen LogP contribution in [0.4, 0.5) is 10.8 Å². The average molecular weight is 423 g/mol. The molecule has 0 saturated carbocycles. The van der Waals surface area contributed by atoms with Crippen LogP contribution in [0.2, 0.25) is 0 Å². The molecule has 2 aliphatic heterocycles. The van der Waals surface area contributed by atoms with Crippen LogP contribution in [0.3, 0.4) is 0 Å². The number of likely N-dealkylation sites (N-methyl/N-ethyl adjacent to an activating group) is 1. The van der Waals surface area contributed by atoms with Crippen molar-refractivity contribution in [2.24, 2.45) is 0 Å². The number of amides is 1. The molecule has 2 aliphatic rings. The van der Waals surface area contributed by atoms with E-state index in [1.165, 1.54) is 6.08 Å². The Morgan fingerprint density at radius 3 is 2.80 bits per heavy atom. The molecule has 1 saturated heterocycles. The number of rotatable bonds is 4. The van der Waals surface area contributed by atoms with Crippen molar-refractivity contribution in [3.8, 4) is 11.5 Å². The summed E-state index contributed by atoms with van der Waals surface area (Å²) in [7, 11) is 2.14. The highest BCUT2D eigenvalue weighted by atomic mass is 32.1. The Hall–Kier alpha value is -3.10. The molecule has 0 spiro atoms. The molecule has 8 heteroatoms. The minimum absolute atomic E-state index is 0.184. The van der Waals surface area contributed by atoms with Gasteiger partial charge in [-0.25, -0.2) is 4.98 Å². The van der Waals surface area contributed by atoms with Crippen molar-refractivity contribution in [2.45, 2.75) is 0 Å². The number of nitrogens with zero attached hydrogens (tertiary/aromatic N) is 3. The third kappa shape index (κ3) is 3.96. The van der Waals surface area contributed by atoms with Gasteiger partial charge in [0.2, 0.25) is 12.7 Å². The summed E-state index contributed by atoms with van der Waals surface area (Å²) in [4.78, 5) is 21.8. The van der Waals surface area contributed by atoms with Gasteiger partial charge in [0.25, 0.3) is 0 Å². The van der Waals surface area contributed by atoms with Crippen molar-refractivity contribution in [1.29, 1.82) is 0 Å². The molecular weight excluding hydrogens is 400 g/mol. The number of carbonyl (C=O) groups excluding carboxylic acids is 1.